The summed E-state index contributed by atoms with van der Waals surface area (Å²) in [4.78, 5) is 5.10. The van der Waals surface area contributed by atoms with Crippen molar-refractivity contribution in [3.05, 3.63) is 0 Å². The van der Waals surface area contributed by atoms with Crippen LogP contribution in [0.3, 0.4) is 0 Å². The molecule has 2 rings (SSSR count). The number of likely N-dealkylation sites (tertiary alicyclic amines) is 1. The van der Waals surface area contributed by atoms with Crippen LogP contribution < -0.4 is 5.73 Å². The first-order valence-corrected chi connectivity index (χ1v) is 7.79. The van der Waals surface area contributed by atoms with Crippen LogP contribution >= 0.6 is 0 Å². The Bertz CT molecular complexity index is 242. The summed E-state index contributed by atoms with van der Waals surface area (Å²) in [5.41, 5.74) is 5.95. The second-order valence-corrected chi connectivity index (χ2v) is 6.56. The molecule has 18 heavy (non-hydrogen) atoms. The molecule has 2 N–H and O–H groups in total. The van der Waals surface area contributed by atoms with Gasteiger partial charge in [-0.3, -0.25) is 0 Å². The largest absolute Gasteiger partial charge is 0.330 e. The third kappa shape index (κ3) is 3.69. The average Bonchev–Trinajstić information content (AvgIpc) is 2.39. The van der Waals surface area contributed by atoms with Crippen LogP contribution in [-0.4, -0.2) is 56.1 Å². The van der Waals surface area contributed by atoms with E-state index in [0.29, 0.717) is 0 Å². The second kappa shape index (κ2) is 6.88. The van der Waals surface area contributed by atoms with Crippen LogP contribution in [0.1, 0.15) is 38.5 Å². The Labute approximate surface area is 113 Å². The van der Waals surface area contributed by atoms with Crippen molar-refractivity contribution in [1.29, 1.82) is 0 Å². The van der Waals surface area contributed by atoms with Crippen molar-refractivity contribution in [2.45, 2.75) is 44.6 Å². The number of piperidine rings is 1. The van der Waals surface area contributed by atoms with Crippen molar-refractivity contribution < 1.29 is 0 Å². The van der Waals surface area contributed by atoms with E-state index in [4.69, 9.17) is 5.73 Å². The van der Waals surface area contributed by atoms with E-state index >= 15 is 0 Å². The molecule has 3 atom stereocenters. The van der Waals surface area contributed by atoms with Gasteiger partial charge in [0.05, 0.1) is 0 Å². The van der Waals surface area contributed by atoms with E-state index in [1.165, 1.54) is 58.2 Å². The highest BCUT2D eigenvalue weighted by Crippen LogP contribution is 2.30. The number of nitrogens with zero attached hydrogens (tertiary/aromatic N) is 2. The molecule has 0 amide bonds. The summed E-state index contributed by atoms with van der Waals surface area (Å²) in [5.74, 6) is 1.66. The normalized spacial score (nSPS) is 35.0. The van der Waals surface area contributed by atoms with E-state index in [1.807, 2.05) is 0 Å². The van der Waals surface area contributed by atoms with Crippen molar-refractivity contribution >= 4 is 0 Å². The SMILES string of the molecule is CN(C)C1CCCN(CC2CCCCC2CN)C1. The van der Waals surface area contributed by atoms with E-state index in [-0.39, 0.29) is 0 Å². The summed E-state index contributed by atoms with van der Waals surface area (Å²) in [6.07, 6.45) is 8.33. The minimum atomic E-state index is 0.763. The zero-order valence-corrected chi connectivity index (χ0v) is 12.3. The highest BCUT2D eigenvalue weighted by Gasteiger charge is 2.28. The molecule has 0 aromatic heterocycles. The number of rotatable bonds is 4. The van der Waals surface area contributed by atoms with E-state index in [2.05, 4.69) is 23.9 Å². The van der Waals surface area contributed by atoms with Crippen molar-refractivity contribution in [2.75, 3.05) is 40.3 Å². The molecule has 1 heterocycles. The molecule has 0 aromatic carbocycles. The Morgan fingerprint density at radius 2 is 1.78 bits per heavy atom. The number of hydrogen-bond donors (Lipinski definition) is 1. The van der Waals surface area contributed by atoms with Gasteiger partial charge in [0.25, 0.3) is 0 Å². The predicted octanol–water partition coefficient (Wildman–Crippen LogP) is 1.78. The summed E-state index contributed by atoms with van der Waals surface area (Å²) < 4.78 is 0. The van der Waals surface area contributed by atoms with Crippen LogP contribution in [0, 0.1) is 11.8 Å². The van der Waals surface area contributed by atoms with E-state index < -0.39 is 0 Å². The molecule has 2 fully saturated rings. The second-order valence-electron chi connectivity index (χ2n) is 6.56. The molecule has 1 saturated heterocycles. The minimum Gasteiger partial charge on any atom is -0.330 e. The predicted molar refractivity (Wildman–Crippen MR) is 77.7 cm³/mol. The molecule has 3 heteroatoms. The highest BCUT2D eigenvalue weighted by atomic mass is 15.2. The molecular formula is C15H31N3. The van der Waals surface area contributed by atoms with Gasteiger partial charge in [-0.05, 0) is 64.7 Å². The van der Waals surface area contributed by atoms with Crippen molar-refractivity contribution in [3.63, 3.8) is 0 Å². The first kappa shape index (κ1) is 14.3. The molecule has 1 aliphatic carbocycles. The average molecular weight is 253 g/mol. The third-order valence-electron chi connectivity index (χ3n) is 5.07. The van der Waals surface area contributed by atoms with Gasteiger partial charge in [0.15, 0.2) is 0 Å². The zero-order chi connectivity index (χ0) is 13.0. The fourth-order valence-corrected chi connectivity index (χ4v) is 3.79. The minimum absolute atomic E-state index is 0.763. The first-order chi connectivity index (χ1) is 8.70. The Hall–Kier alpha value is -0.120. The summed E-state index contributed by atoms with van der Waals surface area (Å²) in [6.45, 7) is 4.76. The first-order valence-electron chi connectivity index (χ1n) is 7.79. The molecule has 0 radical (unpaired) electrons. The van der Waals surface area contributed by atoms with Gasteiger partial charge < -0.3 is 15.5 Å². The number of nitrogens with two attached hydrogens (primary N) is 1. The summed E-state index contributed by atoms with van der Waals surface area (Å²) in [5, 5.41) is 0. The van der Waals surface area contributed by atoms with Crippen molar-refractivity contribution in [3.8, 4) is 0 Å². The molecular weight excluding hydrogens is 222 g/mol. The van der Waals surface area contributed by atoms with Gasteiger partial charge in [-0.25, -0.2) is 0 Å². The van der Waals surface area contributed by atoms with E-state index in [0.717, 1.165) is 24.4 Å². The maximum Gasteiger partial charge on any atom is 0.0217 e. The van der Waals surface area contributed by atoms with Gasteiger partial charge in [-0.15, -0.1) is 0 Å². The van der Waals surface area contributed by atoms with Gasteiger partial charge in [0, 0.05) is 19.1 Å². The Morgan fingerprint density at radius 1 is 1.06 bits per heavy atom. The lowest BCUT2D eigenvalue weighted by atomic mass is 9.78. The standard InChI is InChI=1S/C15H31N3/c1-17(2)15-8-5-9-18(12-15)11-14-7-4-3-6-13(14)10-16/h13-15H,3-12,16H2,1-2H3. The lowest BCUT2D eigenvalue weighted by molar-refractivity contribution is 0.0931. The van der Waals surface area contributed by atoms with Gasteiger partial charge >= 0.3 is 0 Å². The lowest BCUT2D eigenvalue weighted by Crippen LogP contribution is -2.47. The lowest BCUT2D eigenvalue weighted by Gasteiger charge is -2.40. The number of likely N-dealkylation sites (N-methyl/N-ethyl adjacent to an activating group) is 1. The van der Waals surface area contributed by atoms with Crippen molar-refractivity contribution in [1.82, 2.24) is 9.80 Å². The quantitative estimate of drug-likeness (QED) is 0.829. The molecule has 0 aromatic rings. The van der Waals surface area contributed by atoms with Crippen LogP contribution in [0.25, 0.3) is 0 Å². The fourth-order valence-electron chi connectivity index (χ4n) is 3.79. The van der Waals surface area contributed by atoms with Crippen LogP contribution in [0.5, 0.6) is 0 Å². The molecule has 3 unspecified atom stereocenters. The van der Waals surface area contributed by atoms with Crippen molar-refractivity contribution in [2.24, 2.45) is 17.6 Å². The highest BCUT2D eigenvalue weighted by molar-refractivity contribution is 4.83. The Kier molecular flexibility index (Phi) is 5.46. The Morgan fingerprint density at radius 3 is 2.44 bits per heavy atom. The molecule has 1 aliphatic heterocycles. The topological polar surface area (TPSA) is 32.5 Å². The molecule has 106 valence electrons. The number of hydrogen-bond acceptors (Lipinski definition) is 3. The smallest absolute Gasteiger partial charge is 0.0217 e. The van der Waals surface area contributed by atoms with Gasteiger partial charge in [-0.2, -0.15) is 0 Å². The molecule has 0 spiro atoms. The maximum absolute atomic E-state index is 5.95. The molecule has 2 aliphatic rings. The van der Waals surface area contributed by atoms with E-state index in [9.17, 15) is 0 Å². The van der Waals surface area contributed by atoms with Gasteiger partial charge in [-0.1, -0.05) is 12.8 Å². The van der Waals surface area contributed by atoms with E-state index in [1.54, 1.807) is 0 Å². The molecule has 1 saturated carbocycles. The van der Waals surface area contributed by atoms with Crippen LogP contribution in [0.4, 0.5) is 0 Å². The summed E-state index contributed by atoms with van der Waals surface area (Å²) in [7, 11) is 4.44. The molecule has 0 bridgehead atoms. The van der Waals surface area contributed by atoms with Crippen LogP contribution in [-0.2, 0) is 0 Å². The summed E-state index contributed by atoms with van der Waals surface area (Å²) in [6, 6.07) is 0.763. The summed E-state index contributed by atoms with van der Waals surface area (Å²) >= 11 is 0. The monoisotopic (exact) mass is 253 g/mol. The maximum atomic E-state index is 5.95. The van der Waals surface area contributed by atoms with Crippen LogP contribution in [0.15, 0.2) is 0 Å². The molecule has 3 nitrogen and oxygen atoms in total. The van der Waals surface area contributed by atoms with Gasteiger partial charge in [0.1, 0.15) is 0 Å². The fraction of sp³-hybridized carbons (Fsp3) is 1.00. The third-order valence-corrected chi connectivity index (χ3v) is 5.07. The zero-order valence-electron chi connectivity index (χ0n) is 12.3. The van der Waals surface area contributed by atoms with Crippen LogP contribution in [0.2, 0.25) is 0 Å². The Balaban J connectivity index is 1.84. The van der Waals surface area contributed by atoms with Gasteiger partial charge in [0.2, 0.25) is 0 Å².